The number of allylic oxidation sites excluding steroid dienone is 4. The average Bonchev–Trinajstić information content (AvgIpc) is 1.80. The Morgan fingerprint density at radius 3 is 2.78 bits per heavy atom. The Kier molecular flexibility index (Phi) is 1.39. The van der Waals surface area contributed by atoms with Gasteiger partial charge >= 0.3 is 0 Å². The highest BCUT2D eigenvalue weighted by atomic mass is 16.1. The molecule has 0 radical (unpaired) electrons. The van der Waals surface area contributed by atoms with Gasteiger partial charge in [-0.05, 0) is 13.0 Å². The summed E-state index contributed by atoms with van der Waals surface area (Å²) in [5.74, 6) is 0.0283. The minimum atomic E-state index is 0.0283. The van der Waals surface area contributed by atoms with Crippen molar-refractivity contribution >= 4 is 5.78 Å². The van der Waals surface area contributed by atoms with E-state index in [9.17, 15) is 4.79 Å². The van der Waals surface area contributed by atoms with Gasteiger partial charge in [0.25, 0.3) is 0 Å². The summed E-state index contributed by atoms with van der Waals surface area (Å²) in [5, 5.41) is 0. The number of ketones is 1. The zero-order valence-corrected chi connectivity index (χ0v) is 5.35. The number of hydrogen-bond donors (Lipinski definition) is 1. The van der Waals surface area contributed by atoms with Gasteiger partial charge in [-0.1, -0.05) is 11.6 Å². The average molecular weight is 123 g/mol. The van der Waals surface area contributed by atoms with Gasteiger partial charge in [0, 0.05) is 6.42 Å². The molecule has 0 heterocycles. The highest BCUT2D eigenvalue weighted by Gasteiger charge is 2.07. The Morgan fingerprint density at radius 2 is 2.33 bits per heavy atom. The predicted octanol–water partition coefficient (Wildman–Crippen LogP) is 0.748. The van der Waals surface area contributed by atoms with Crippen LogP contribution in [0.3, 0.4) is 0 Å². The molecule has 0 saturated carbocycles. The van der Waals surface area contributed by atoms with E-state index in [1.165, 1.54) is 0 Å². The van der Waals surface area contributed by atoms with Crippen molar-refractivity contribution in [1.29, 1.82) is 0 Å². The van der Waals surface area contributed by atoms with Gasteiger partial charge in [0.1, 0.15) is 0 Å². The fraction of sp³-hybridized carbons (Fsp3) is 0.286. The van der Waals surface area contributed by atoms with Crippen molar-refractivity contribution in [2.45, 2.75) is 13.3 Å². The lowest BCUT2D eigenvalue weighted by Crippen LogP contribution is -2.12. The second-order valence-corrected chi connectivity index (χ2v) is 2.18. The first-order valence-corrected chi connectivity index (χ1v) is 2.87. The molecule has 48 valence electrons. The summed E-state index contributed by atoms with van der Waals surface area (Å²) < 4.78 is 0. The van der Waals surface area contributed by atoms with Crippen molar-refractivity contribution in [3.63, 3.8) is 0 Å². The van der Waals surface area contributed by atoms with Gasteiger partial charge in [-0.2, -0.15) is 0 Å². The van der Waals surface area contributed by atoms with Crippen molar-refractivity contribution in [3.8, 4) is 0 Å². The highest BCUT2D eigenvalue weighted by Crippen LogP contribution is 2.08. The Bertz CT molecular complexity index is 201. The van der Waals surface area contributed by atoms with Gasteiger partial charge in [-0.15, -0.1) is 0 Å². The van der Waals surface area contributed by atoms with Crippen molar-refractivity contribution in [1.82, 2.24) is 0 Å². The second-order valence-electron chi connectivity index (χ2n) is 2.18. The van der Waals surface area contributed by atoms with Gasteiger partial charge in [0.15, 0.2) is 5.78 Å². The van der Waals surface area contributed by atoms with E-state index in [4.69, 9.17) is 5.73 Å². The van der Waals surface area contributed by atoms with Gasteiger partial charge in [-0.3, -0.25) is 4.79 Å². The maximum Gasteiger partial charge on any atom is 0.182 e. The molecule has 0 amide bonds. The first kappa shape index (κ1) is 6.08. The maximum atomic E-state index is 10.7. The fourth-order valence-corrected chi connectivity index (χ4v) is 0.756. The van der Waals surface area contributed by atoms with E-state index in [1.54, 1.807) is 6.08 Å². The fourth-order valence-electron chi connectivity index (χ4n) is 0.756. The lowest BCUT2D eigenvalue weighted by Gasteiger charge is -2.03. The first-order chi connectivity index (χ1) is 4.20. The van der Waals surface area contributed by atoms with Crippen LogP contribution in [0.1, 0.15) is 13.3 Å². The molecule has 1 rings (SSSR count). The second kappa shape index (κ2) is 2.05. The number of carbonyl (C=O) groups is 1. The van der Waals surface area contributed by atoms with Gasteiger partial charge in [-0.25, -0.2) is 0 Å². The van der Waals surface area contributed by atoms with Gasteiger partial charge < -0.3 is 5.73 Å². The van der Waals surface area contributed by atoms with Crippen molar-refractivity contribution < 1.29 is 4.79 Å². The molecular weight excluding hydrogens is 114 g/mol. The van der Waals surface area contributed by atoms with E-state index >= 15 is 0 Å². The van der Waals surface area contributed by atoms with Crippen LogP contribution in [0.15, 0.2) is 23.4 Å². The van der Waals surface area contributed by atoms with E-state index in [0.29, 0.717) is 12.1 Å². The summed E-state index contributed by atoms with van der Waals surface area (Å²) in [6, 6.07) is 0. The molecule has 0 aromatic rings. The first-order valence-electron chi connectivity index (χ1n) is 2.87. The van der Waals surface area contributed by atoms with E-state index in [-0.39, 0.29) is 5.78 Å². The van der Waals surface area contributed by atoms with Crippen LogP contribution in [0.4, 0.5) is 0 Å². The van der Waals surface area contributed by atoms with Crippen LogP contribution < -0.4 is 5.73 Å². The summed E-state index contributed by atoms with van der Waals surface area (Å²) in [6.45, 7) is 1.93. The molecule has 0 atom stereocenters. The largest absolute Gasteiger partial charge is 0.396 e. The Hall–Kier alpha value is -1.05. The van der Waals surface area contributed by atoms with Crippen molar-refractivity contribution in [3.05, 3.63) is 23.4 Å². The number of hydrogen-bond acceptors (Lipinski definition) is 2. The molecule has 1 aliphatic carbocycles. The molecule has 2 nitrogen and oxygen atoms in total. The quantitative estimate of drug-likeness (QED) is 0.516. The number of carbonyl (C=O) groups excluding carboxylic acids is 1. The molecule has 0 bridgehead atoms. The Morgan fingerprint density at radius 1 is 1.67 bits per heavy atom. The zero-order chi connectivity index (χ0) is 6.85. The lowest BCUT2D eigenvalue weighted by molar-refractivity contribution is -0.114. The summed E-state index contributed by atoms with van der Waals surface area (Å²) in [6.07, 6.45) is 4.04. The molecule has 0 fully saturated rings. The molecule has 0 spiro atoms. The van der Waals surface area contributed by atoms with E-state index < -0.39 is 0 Å². The Balaban J connectivity index is 2.87. The van der Waals surface area contributed by atoms with Gasteiger partial charge in [0.05, 0.1) is 5.70 Å². The van der Waals surface area contributed by atoms with Crippen molar-refractivity contribution in [2.75, 3.05) is 0 Å². The minimum absolute atomic E-state index is 0.0283. The predicted molar refractivity (Wildman–Crippen MR) is 35.7 cm³/mol. The summed E-state index contributed by atoms with van der Waals surface area (Å²) in [5.41, 5.74) is 6.80. The molecule has 0 aliphatic heterocycles. The topological polar surface area (TPSA) is 43.1 Å². The van der Waals surface area contributed by atoms with Crippen LogP contribution in [0.5, 0.6) is 0 Å². The SMILES string of the molecule is CC1=CCC(=O)C(N)=C1. The zero-order valence-electron chi connectivity index (χ0n) is 5.35. The molecule has 0 unspecified atom stereocenters. The maximum absolute atomic E-state index is 10.7. The normalized spacial score (nSPS) is 19.0. The molecule has 2 heteroatoms. The molecule has 2 N–H and O–H groups in total. The van der Waals surface area contributed by atoms with Crippen LogP contribution in [0.2, 0.25) is 0 Å². The molecule has 1 aliphatic rings. The third-order valence-electron chi connectivity index (χ3n) is 1.31. The standard InChI is InChI=1S/C7H9NO/c1-5-2-3-7(9)6(8)4-5/h2,4H,3,8H2,1H3. The number of nitrogens with two attached hydrogens (primary N) is 1. The molecule has 0 aromatic carbocycles. The summed E-state index contributed by atoms with van der Waals surface area (Å²) in [7, 11) is 0. The highest BCUT2D eigenvalue weighted by molar-refractivity contribution is 5.97. The number of rotatable bonds is 0. The molecular formula is C7H9NO. The van der Waals surface area contributed by atoms with Crippen LogP contribution in [-0.4, -0.2) is 5.78 Å². The van der Waals surface area contributed by atoms with E-state index in [0.717, 1.165) is 5.57 Å². The van der Waals surface area contributed by atoms with Crippen LogP contribution >= 0.6 is 0 Å². The van der Waals surface area contributed by atoms with E-state index in [1.807, 2.05) is 13.0 Å². The smallest absolute Gasteiger partial charge is 0.182 e. The van der Waals surface area contributed by atoms with Crippen LogP contribution in [-0.2, 0) is 4.79 Å². The monoisotopic (exact) mass is 123 g/mol. The van der Waals surface area contributed by atoms with Crippen LogP contribution in [0.25, 0.3) is 0 Å². The van der Waals surface area contributed by atoms with Gasteiger partial charge in [0.2, 0.25) is 0 Å². The third kappa shape index (κ3) is 1.19. The minimum Gasteiger partial charge on any atom is -0.396 e. The Labute approximate surface area is 54.0 Å². The third-order valence-corrected chi connectivity index (χ3v) is 1.31. The summed E-state index contributed by atoms with van der Waals surface area (Å²) in [4.78, 5) is 10.7. The summed E-state index contributed by atoms with van der Waals surface area (Å²) >= 11 is 0. The molecule has 0 aromatic heterocycles. The number of Topliss-reactive ketones (excluding diaryl/α,β-unsaturated/α-hetero) is 1. The van der Waals surface area contributed by atoms with E-state index in [2.05, 4.69) is 0 Å². The van der Waals surface area contributed by atoms with Crippen molar-refractivity contribution in [2.24, 2.45) is 5.73 Å². The lowest BCUT2D eigenvalue weighted by atomic mass is 10.1. The van der Waals surface area contributed by atoms with Crippen LogP contribution in [0, 0.1) is 0 Å². The molecule has 0 saturated heterocycles. The molecule has 9 heavy (non-hydrogen) atoms.